The second kappa shape index (κ2) is 10.4. The van der Waals surface area contributed by atoms with Crippen molar-refractivity contribution in [3.05, 3.63) is 65.4 Å². The van der Waals surface area contributed by atoms with Crippen LogP contribution >= 0.6 is 0 Å². The van der Waals surface area contributed by atoms with E-state index in [0.717, 1.165) is 16.5 Å². The maximum Gasteiger partial charge on any atom is 0.340 e. The Hall–Kier alpha value is -3.61. The van der Waals surface area contributed by atoms with Crippen molar-refractivity contribution in [2.75, 3.05) is 26.9 Å². The van der Waals surface area contributed by atoms with Crippen molar-refractivity contribution < 1.29 is 23.8 Å². The lowest BCUT2D eigenvalue weighted by molar-refractivity contribution is -0.124. The highest BCUT2D eigenvalue weighted by atomic mass is 16.5. The van der Waals surface area contributed by atoms with Crippen LogP contribution in [0.25, 0.3) is 10.9 Å². The number of benzene rings is 2. The van der Waals surface area contributed by atoms with Gasteiger partial charge in [0.15, 0.2) is 18.1 Å². The molecule has 1 amide bonds. The molecule has 2 aromatic carbocycles. The Bertz CT molecular complexity index is 1080. The summed E-state index contributed by atoms with van der Waals surface area (Å²) in [5.41, 5.74) is 2.72. The van der Waals surface area contributed by atoms with E-state index >= 15 is 0 Å². The summed E-state index contributed by atoms with van der Waals surface area (Å²) >= 11 is 0. The van der Waals surface area contributed by atoms with Gasteiger partial charge in [0.2, 0.25) is 0 Å². The van der Waals surface area contributed by atoms with E-state index < -0.39 is 11.9 Å². The van der Waals surface area contributed by atoms with Gasteiger partial charge in [0.05, 0.1) is 30.4 Å². The van der Waals surface area contributed by atoms with E-state index in [-0.39, 0.29) is 19.8 Å². The fourth-order valence-corrected chi connectivity index (χ4v) is 3.31. The van der Waals surface area contributed by atoms with Crippen molar-refractivity contribution in [3.63, 3.8) is 0 Å². The Morgan fingerprint density at radius 3 is 2.48 bits per heavy atom. The van der Waals surface area contributed by atoms with Crippen LogP contribution < -0.4 is 14.8 Å². The lowest BCUT2D eigenvalue weighted by Crippen LogP contribution is -2.32. The largest absolute Gasteiger partial charge is 0.493 e. The maximum absolute atomic E-state index is 12.7. The number of aryl methyl sites for hydroxylation is 2. The van der Waals surface area contributed by atoms with Gasteiger partial charge < -0.3 is 19.5 Å². The third kappa shape index (κ3) is 5.31. The number of rotatable bonds is 9. The van der Waals surface area contributed by atoms with Gasteiger partial charge in [-0.3, -0.25) is 9.78 Å². The van der Waals surface area contributed by atoms with E-state index in [1.807, 2.05) is 50.2 Å². The van der Waals surface area contributed by atoms with Gasteiger partial charge >= 0.3 is 5.97 Å². The average Bonchev–Trinajstić information content (AvgIpc) is 2.80. The predicted molar refractivity (Wildman–Crippen MR) is 118 cm³/mol. The van der Waals surface area contributed by atoms with E-state index in [2.05, 4.69) is 10.3 Å². The number of fused-ring (bicyclic) bond motifs is 1. The summed E-state index contributed by atoms with van der Waals surface area (Å²) in [5.74, 6) is 0.264. The minimum absolute atomic E-state index is 0.258. The molecule has 0 saturated heterocycles. The number of esters is 1. The molecule has 0 saturated carbocycles. The van der Waals surface area contributed by atoms with Crippen molar-refractivity contribution in [2.45, 2.75) is 20.3 Å². The van der Waals surface area contributed by atoms with Crippen LogP contribution in [0.1, 0.15) is 28.5 Å². The molecular weight excluding hydrogens is 396 g/mol. The summed E-state index contributed by atoms with van der Waals surface area (Å²) in [6, 6.07) is 14.9. The first kappa shape index (κ1) is 22.1. The SMILES string of the molecule is CCc1nc2ccccc2c(C)c1C(=O)OCC(=O)NCCOc1ccccc1OC. The number of ether oxygens (including phenoxy) is 3. The maximum atomic E-state index is 12.7. The lowest BCUT2D eigenvalue weighted by Gasteiger charge is -2.13. The molecule has 0 bridgehead atoms. The molecule has 31 heavy (non-hydrogen) atoms. The van der Waals surface area contributed by atoms with E-state index in [0.29, 0.717) is 29.2 Å². The molecule has 1 heterocycles. The van der Waals surface area contributed by atoms with Crippen molar-refractivity contribution in [1.82, 2.24) is 10.3 Å². The Balaban J connectivity index is 1.53. The smallest absolute Gasteiger partial charge is 0.340 e. The number of methoxy groups -OCH3 is 1. The molecular formula is C24H26N2O5. The van der Waals surface area contributed by atoms with Crippen LogP contribution in [0.15, 0.2) is 48.5 Å². The summed E-state index contributed by atoms with van der Waals surface area (Å²) in [7, 11) is 1.56. The Kier molecular flexibility index (Phi) is 7.43. The third-order valence-electron chi connectivity index (χ3n) is 4.85. The number of amides is 1. The second-order valence-corrected chi connectivity index (χ2v) is 6.85. The minimum atomic E-state index is -0.548. The number of nitrogens with one attached hydrogen (secondary N) is 1. The number of carbonyl (C=O) groups is 2. The molecule has 7 nitrogen and oxygen atoms in total. The first-order valence-electron chi connectivity index (χ1n) is 10.1. The van der Waals surface area contributed by atoms with E-state index in [4.69, 9.17) is 14.2 Å². The fraction of sp³-hybridized carbons (Fsp3) is 0.292. The van der Waals surface area contributed by atoms with Gasteiger partial charge in [0, 0.05) is 5.39 Å². The molecule has 3 aromatic rings. The van der Waals surface area contributed by atoms with E-state index in [1.165, 1.54) is 0 Å². The number of nitrogens with zero attached hydrogens (tertiary/aromatic N) is 1. The fourth-order valence-electron chi connectivity index (χ4n) is 3.31. The zero-order valence-corrected chi connectivity index (χ0v) is 17.9. The lowest BCUT2D eigenvalue weighted by atomic mass is 10.0. The van der Waals surface area contributed by atoms with Crippen molar-refractivity contribution in [2.24, 2.45) is 0 Å². The number of hydrogen-bond acceptors (Lipinski definition) is 6. The molecule has 0 radical (unpaired) electrons. The van der Waals surface area contributed by atoms with Crippen LogP contribution in [0.4, 0.5) is 0 Å². The highest BCUT2D eigenvalue weighted by molar-refractivity contribution is 5.99. The van der Waals surface area contributed by atoms with Crippen LogP contribution in [0, 0.1) is 6.92 Å². The highest BCUT2D eigenvalue weighted by Gasteiger charge is 2.20. The number of pyridine rings is 1. The molecule has 0 unspecified atom stereocenters. The predicted octanol–water partition coefficient (Wildman–Crippen LogP) is 3.47. The zero-order chi connectivity index (χ0) is 22.2. The molecule has 0 aliphatic rings. The summed E-state index contributed by atoms with van der Waals surface area (Å²) in [5, 5.41) is 3.57. The molecule has 1 N–H and O–H groups in total. The molecule has 7 heteroatoms. The van der Waals surface area contributed by atoms with Gasteiger partial charge in [0.25, 0.3) is 5.91 Å². The number of aromatic nitrogens is 1. The molecule has 0 aliphatic carbocycles. The average molecular weight is 422 g/mol. The summed E-state index contributed by atoms with van der Waals surface area (Å²) in [6.07, 6.45) is 0.586. The van der Waals surface area contributed by atoms with Crippen LogP contribution in [0.3, 0.4) is 0 Å². The van der Waals surface area contributed by atoms with Crippen molar-refractivity contribution in [1.29, 1.82) is 0 Å². The topological polar surface area (TPSA) is 86.8 Å². The molecule has 0 aliphatic heterocycles. The zero-order valence-electron chi connectivity index (χ0n) is 17.9. The standard InChI is InChI=1S/C24H26N2O5/c1-4-18-23(16(2)17-9-5-6-10-19(17)26-18)24(28)31-15-22(27)25-13-14-30-21-12-8-7-11-20(21)29-3/h5-12H,4,13-15H2,1-3H3,(H,25,27). The minimum Gasteiger partial charge on any atom is -0.493 e. The van der Waals surface area contributed by atoms with Gasteiger partial charge in [-0.2, -0.15) is 0 Å². The van der Waals surface area contributed by atoms with Gasteiger partial charge in [-0.05, 0) is 37.1 Å². The summed E-state index contributed by atoms with van der Waals surface area (Å²) in [4.78, 5) is 29.4. The van der Waals surface area contributed by atoms with Gasteiger partial charge in [-0.15, -0.1) is 0 Å². The van der Waals surface area contributed by atoms with Crippen LogP contribution in [0.2, 0.25) is 0 Å². The Morgan fingerprint density at radius 2 is 1.74 bits per heavy atom. The monoisotopic (exact) mass is 422 g/mol. The number of hydrogen-bond donors (Lipinski definition) is 1. The normalized spacial score (nSPS) is 10.5. The molecule has 0 fully saturated rings. The molecule has 1 aromatic heterocycles. The van der Waals surface area contributed by atoms with Crippen LogP contribution in [-0.2, 0) is 16.0 Å². The number of carbonyl (C=O) groups excluding carboxylic acids is 2. The van der Waals surface area contributed by atoms with Gasteiger partial charge in [0.1, 0.15) is 6.61 Å². The molecule has 162 valence electrons. The first-order chi connectivity index (χ1) is 15.0. The van der Waals surface area contributed by atoms with E-state index in [1.54, 1.807) is 19.2 Å². The van der Waals surface area contributed by atoms with Crippen LogP contribution in [0.5, 0.6) is 11.5 Å². The van der Waals surface area contributed by atoms with Crippen LogP contribution in [-0.4, -0.2) is 43.7 Å². The Labute approximate surface area is 181 Å². The first-order valence-corrected chi connectivity index (χ1v) is 10.1. The van der Waals surface area contributed by atoms with Gasteiger partial charge in [-0.1, -0.05) is 37.3 Å². The molecule has 3 rings (SSSR count). The molecule has 0 spiro atoms. The number of para-hydroxylation sites is 3. The molecule has 0 atom stereocenters. The van der Waals surface area contributed by atoms with Gasteiger partial charge in [-0.25, -0.2) is 4.79 Å². The summed E-state index contributed by atoms with van der Waals surface area (Å²) in [6.45, 7) is 3.96. The van der Waals surface area contributed by atoms with Crippen molar-refractivity contribution >= 4 is 22.8 Å². The quantitative estimate of drug-likeness (QED) is 0.420. The second-order valence-electron chi connectivity index (χ2n) is 6.85. The Morgan fingerprint density at radius 1 is 1.03 bits per heavy atom. The third-order valence-corrected chi connectivity index (χ3v) is 4.85. The van der Waals surface area contributed by atoms with Crippen molar-refractivity contribution in [3.8, 4) is 11.5 Å². The summed E-state index contributed by atoms with van der Waals surface area (Å²) < 4.78 is 16.1. The van der Waals surface area contributed by atoms with E-state index in [9.17, 15) is 9.59 Å². The highest BCUT2D eigenvalue weighted by Crippen LogP contribution is 2.25.